The Morgan fingerprint density at radius 1 is 1.31 bits per heavy atom. The number of carbonyl (C=O) groups excluding carboxylic acids is 1. The Hall–Kier alpha value is -1.83. The van der Waals surface area contributed by atoms with E-state index < -0.39 is 0 Å². The molecular weight excluding hydrogens is 390 g/mol. The van der Waals surface area contributed by atoms with Gasteiger partial charge in [-0.15, -0.1) is 16.4 Å². The van der Waals surface area contributed by atoms with E-state index in [1.165, 1.54) is 11.8 Å². The summed E-state index contributed by atoms with van der Waals surface area (Å²) < 4.78 is 5.69. The Balaban J connectivity index is 1.53. The van der Waals surface area contributed by atoms with Crippen LogP contribution in [-0.4, -0.2) is 26.7 Å². The van der Waals surface area contributed by atoms with Crippen molar-refractivity contribution in [3.05, 3.63) is 56.0 Å². The quantitative estimate of drug-likeness (QED) is 0.441. The van der Waals surface area contributed by atoms with Gasteiger partial charge in [0, 0.05) is 20.3 Å². The lowest BCUT2D eigenvalue weighted by Gasteiger charge is -2.05. The van der Waals surface area contributed by atoms with Crippen molar-refractivity contribution in [1.29, 1.82) is 0 Å². The molecule has 5 nitrogen and oxygen atoms in total. The number of rotatable bonds is 7. The van der Waals surface area contributed by atoms with E-state index >= 15 is 0 Å². The summed E-state index contributed by atoms with van der Waals surface area (Å²) in [6.45, 7) is 6.17. The Morgan fingerprint density at radius 3 is 2.81 bits per heavy atom. The smallest absolute Gasteiger partial charge is 0.208 e. The maximum Gasteiger partial charge on any atom is 0.208 e. The van der Waals surface area contributed by atoms with Crippen LogP contribution in [0.2, 0.25) is 5.02 Å². The van der Waals surface area contributed by atoms with Crippen molar-refractivity contribution >= 4 is 40.5 Å². The summed E-state index contributed by atoms with van der Waals surface area (Å²) in [6.07, 6.45) is 0. The third-order valence-corrected chi connectivity index (χ3v) is 5.93. The minimum absolute atomic E-state index is 0.0936. The van der Waals surface area contributed by atoms with E-state index in [1.807, 2.05) is 39.0 Å². The van der Waals surface area contributed by atoms with Gasteiger partial charge in [0.2, 0.25) is 5.16 Å². The number of halogens is 1. The van der Waals surface area contributed by atoms with E-state index in [-0.39, 0.29) is 12.4 Å². The SMILES string of the molecule is Cc1cc(C(=O)CSc2n[nH]c(COc3ccc(Cl)c(C)c3)n2)c(C)s1. The zero-order valence-corrected chi connectivity index (χ0v) is 17.0. The summed E-state index contributed by atoms with van der Waals surface area (Å²) in [5.41, 5.74) is 1.74. The third-order valence-electron chi connectivity index (χ3n) is 3.69. The zero-order chi connectivity index (χ0) is 18.7. The van der Waals surface area contributed by atoms with Gasteiger partial charge in [-0.25, -0.2) is 4.98 Å². The number of ketones is 1. The number of Topliss-reactive ketones (excluding diaryl/α,β-unsaturated/α-hetero) is 1. The highest BCUT2D eigenvalue weighted by Crippen LogP contribution is 2.24. The molecule has 0 aliphatic heterocycles. The molecule has 0 fully saturated rings. The molecule has 0 saturated heterocycles. The summed E-state index contributed by atoms with van der Waals surface area (Å²) >= 11 is 8.96. The number of thiophene rings is 1. The second-order valence-corrected chi connectivity index (χ2v) is 8.61. The number of hydrogen-bond acceptors (Lipinski definition) is 6. The fourth-order valence-corrected chi connectivity index (χ4v) is 4.14. The first kappa shape index (κ1) is 18.9. The number of aryl methyl sites for hydroxylation is 3. The Bertz CT molecular complexity index is 936. The maximum absolute atomic E-state index is 12.3. The summed E-state index contributed by atoms with van der Waals surface area (Å²) in [4.78, 5) is 18.9. The van der Waals surface area contributed by atoms with Gasteiger partial charge in [0.05, 0.1) is 5.75 Å². The van der Waals surface area contributed by atoms with Crippen molar-refractivity contribution in [1.82, 2.24) is 15.2 Å². The average molecular weight is 408 g/mol. The second-order valence-electron chi connectivity index (χ2n) is 5.80. The van der Waals surface area contributed by atoms with Crippen molar-refractivity contribution in [3.8, 4) is 5.75 Å². The van der Waals surface area contributed by atoms with Crippen LogP contribution in [0.1, 0.15) is 31.5 Å². The van der Waals surface area contributed by atoms with Crippen molar-refractivity contribution in [3.63, 3.8) is 0 Å². The van der Waals surface area contributed by atoms with E-state index in [0.29, 0.717) is 21.8 Å². The number of hydrogen-bond donors (Lipinski definition) is 1. The molecule has 8 heteroatoms. The van der Waals surface area contributed by atoms with Crippen molar-refractivity contribution < 1.29 is 9.53 Å². The Labute approximate surface area is 165 Å². The number of carbonyl (C=O) groups is 1. The average Bonchev–Trinajstić information content (AvgIpc) is 3.19. The fourth-order valence-electron chi connectivity index (χ4n) is 2.38. The van der Waals surface area contributed by atoms with Crippen LogP contribution >= 0.6 is 34.7 Å². The molecule has 3 aromatic rings. The number of H-pyrrole nitrogens is 1. The van der Waals surface area contributed by atoms with Gasteiger partial charge >= 0.3 is 0 Å². The summed E-state index contributed by atoms with van der Waals surface area (Å²) in [5, 5.41) is 8.21. The van der Waals surface area contributed by atoms with E-state index in [9.17, 15) is 4.79 Å². The predicted octanol–water partition coefficient (Wildman–Crippen LogP) is 5.00. The molecule has 0 aliphatic carbocycles. The van der Waals surface area contributed by atoms with Gasteiger partial charge in [0.25, 0.3) is 0 Å². The number of aromatic nitrogens is 3. The molecule has 1 aromatic carbocycles. The van der Waals surface area contributed by atoms with Crippen LogP contribution in [0.4, 0.5) is 0 Å². The van der Waals surface area contributed by atoms with Crippen molar-refractivity contribution in [2.45, 2.75) is 32.5 Å². The van der Waals surface area contributed by atoms with Gasteiger partial charge in [0.1, 0.15) is 12.4 Å². The number of nitrogens with one attached hydrogen (secondary N) is 1. The molecule has 0 bridgehead atoms. The van der Waals surface area contributed by atoms with Gasteiger partial charge in [-0.3, -0.25) is 9.89 Å². The van der Waals surface area contributed by atoms with Crippen LogP contribution in [0.15, 0.2) is 29.4 Å². The van der Waals surface area contributed by atoms with Crippen LogP contribution in [-0.2, 0) is 6.61 Å². The van der Waals surface area contributed by atoms with E-state index in [4.69, 9.17) is 16.3 Å². The van der Waals surface area contributed by atoms with Crippen LogP contribution in [0.5, 0.6) is 5.75 Å². The lowest BCUT2D eigenvalue weighted by Crippen LogP contribution is -2.02. The second kappa shape index (κ2) is 8.24. The zero-order valence-electron chi connectivity index (χ0n) is 14.6. The largest absolute Gasteiger partial charge is 0.486 e. The molecule has 3 rings (SSSR count). The highest BCUT2D eigenvalue weighted by molar-refractivity contribution is 7.99. The first-order valence-corrected chi connectivity index (χ1v) is 10.1. The van der Waals surface area contributed by atoms with Gasteiger partial charge in [-0.05, 0) is 50.6 Å². The summed E-state index contributed by atoms with van der Waals surface area (Å²) in [6, 6.07) is 7.42. The van der Waals surface area contributed by atoms with Gasteiger partial charge < -0.3 is 4.74 Å². The molecule has 0 unspecified atom stereocenters. The van der Waals surface area contributed by atoms with E-state index in [2.05, 4.69) is 15.2 Å². The predicted molar refractivity (Wildman–Crippen MR) is 106 cm³/mol. The topological polar surface area (TPSA) is 67.9 Å². The first-order valence-electron chi connectivity index (χ1n) is 7.95. The Morgan fingerprint density at radius 2 is 2.12 bits per heavy atom. The number of nitrogens with zero attached hydrogens (tertiary/aromatic N) is 2. The molecule has 0 atom stereocenters. The highest BCUT2D eigenvalue weighted by atomic mass is 35.5. The molecule has 136 valence electrons. The molecule has 0 spiro atoms. The number of thioether (sulfide) groups is 1. The number of ether oxygens (including phenoxy) is 1. The third kappa shape index (κ3) is 4.66. The molecule has 2 heterocycles. The van der Waals surface area contributed by atoms with E-state index in [0.717, 1.165) is 26.6 Å². The van der Waals surface area contributed by atoms with Crippen LogP contribution in [0.25, 0.3) is 0 Å². The van der Waals surface area contributed by atoms with Gasteiger partial charge in [-0.1, -0.05) is 23.4 Å². The first-order chi connectivity index (χ1) is 12.4. The van der Waals surface area contributed by atoms with Crippen LogP contribution in [0, 0.1) is 20.8 Å². The monoisotopic (exact) mass is 407 g/mol. The fraction of sp³-hybridized carbons (Fsp3) is 0.278. The lowest BCUT2D eigenvalue weighted by molar-refractivity contribution is 0.102. The summed E-state index contributed by atoms with van der Waals surface area (Å²) in [7, 11) is 0. The van der Waals surface area contributed by atoms with Crippen molar-refractivity contribution in [2.75, 3.05) is 5.75 Å². The standard InChI is InChI=1S/C18H18ClN3O2S2/c1-10-6-13(4-5-15(10)19)24-8-17-20-18(22-21-17)25-9-16(23)14-7-11(2)26-12(14)3/h4-7H,8-9H2,1-3H3,(H,20,21,22). The normalized spacial score (nSPS) is 10.9. The highest BCUT2D eigenvalue weighted by Gasteiger charge is 2.14. The maximum atomic E-state index is 12.3. The molecule has 0 amide bonds. The van der Waals surface area contributed by atoms with Crippen LogP contribution < -0.4 is 4.74 Å². The molecular formula is C18H18ClN3O2S2. The number of benzene rings is 1. The van der Waals surface area contributed by atoms with Crippen LogP contribution in [0.3, 0.4) is 0 Å². The molecule has 0 saturated carbocycles. The Kier molecular flexibility index (Phi) is 6.01. The van der Waals surface area contributed by atoms with Gasteiger partial charge in [0.15, 0.2) is 11.6 Å². The van der Waals surface area contributed by atoms with Crippen molar-refractivity contribution in [2.24, 2.45) is 0 Å². The summed E-state index contributed by atoms with van der Waals surface area (Å²) in [5.74, 6) is 1.73. The lowest BCUT2D eigenvalue weighted by atomic mass is 10.2. The minimum Gasteiger partial charge on any atom is -0.486 e. The molecule has 0 radical (unpaired) electrons. The van der Waals surface area contributed by atoms with E-state index in [1.54, 1.807) is 17.4 Å². The molecule has 2 aromatic heterocycles. The molecule has 0 aliphatic rings. The minimum atomic E-state index is 0.0936. The molecule has 26 heavy (non-hydrogen) atoms. The molecule has 1 N–H and O–H groups in total. The number of aromatic amines is 1. The van der Waals surface area contributed by atoms with Gasteiger partial charge in [-0.2, -0.15) is 0 Å².